The second kappa shape index (κ2) is 4.66. The van der Waals surface area contributed by atoms with Gasteiger partial charge < -0.3 is 9.29 Å². The van der Waals surface area contributed by atoms with E-state index < -0.39 is 16.7 Å². The topological polar surface area (TPSA) is 63.6 Å². The number of ketones is 1. The number of hydrogen-bond acceptors (Lipinski definition) is 3. The van der Waals surface area contributed by atoms with Gasteiger partial charge in [0.1, 0.15) is 5.76 Å². The van der Waals surface area contributed by atoms with Gasteiger partial charge in [0, 0.05) is 11.6 Å². The molecule has 1 heterocycles. The molecule has 5 heteroatoms. The minimum atomic E-state index is -1.84. The molecule has 0 bridgehead atoms. The maximum Gasteiger partial charge on any atom is 0.202 e. The summed E-state index contributed by atoms with van der Waals surface area (Å²) < 4.78 is 25.0. The second-order valence-corrected chi connectivity index (χ2v) is 5.58. The van der Waals surface area contributed by atoms with Crippen molar-refractivity contribution in [3.63, 3.8) is 0 Å². The average Bonchev–Trinajstić information content (AvgIpc) is 2.54. The molecule has 1 aromatic carbocycles. The Morgan fingerprint density at radius 3 is 2.33 bits per heavy atom. The van der Waals surface area contributed by atoms with Crippen LogP contribution in [0.15, 0.2) is 30.3 Å². The Balaban J connectivity index is 2.19. The summed E-state index contributed by atoms with van der Waals surface area (Å²) in [6, 6.07) is 7.07. The highest BCUT2D eigenvalue weighted by Crippen LogP contribution is 2.30. The van der Waals surface area contributed by atoms with Gasteiger partial charge in [-0.15, -0.1) is 0 Å². The van der Waals surface area contributed by atoms with Crippen LogP contribution in [-0.4, -0.2) is 20.1 Å². The van der Waals surface area contributed by atoms with Crippen molar-refractivity contribution in [2.45, 2.75) is 25.2 Å². The summed E-state index contributed by atoms with van der Waals surface area (Å²) in [5.41, 5.74) is 0.755. The van der Waals surface area contributed by atoms with Crippen molar-refractivity contribution in [3.05, 3.63) is 41.5 Å². The third kappa shape index (κ3) is 2.68. The van der Waals surface area contributed by atoms with Crippen LogP contribution in [0.1, 0.15) is 25.0 Å². The van der Waals surface area contributed by atoms with Crippen LogP contribution in [0.5, 0.6) is 0 Å². The Morgan fingerprint density at radius 1 is 1.28 bits per heavy atom. The lowest BCUT2D eigenvalue weighted by molar-refractivity contribution is -0.125. The number of benzene rings is 1. The van der Waals surface area contributed by atoms with Crippen molar-refractivity contribution in [3.8, 4) is 0 Å². The molecule has 0 aromatic heterocycles. The molecule has 2 rings (SSSR count). The fourth-order valence-corrected chi connectivity index (χ4v) is 2.18. The molecule has 1 aromatic rings. The van der Waals surface area contributed by atoms with E-state index in [2.05, 4.69) is 0 Å². The molecule has 0 amide bonds. The Labute approximate surface area is 108 Å². The molecule has 1 aliphatic heterocycles. The lowest BCUT2D eigenvalue weighted by Gasteiger charge is -2.18. The van der Waals surface area contributed by atoms with Crippen LogP contribution in [0.2, 0.25) is 0 Å². The van der Waals surface area contributed by atoms with E-state index in [1.807, 2.05) is 0 Å². The second-order valence-electron chi connectivity index (χ2n) is 4.65. The van der Waals surface area contributed by atoms with E-state index in [1.165, 1.54) is 6.08 Å². The monoisotopic (exact) mass is 266 g/mol. The smallest absolute Gasteiger partial charge is 0.202 e. The van der Waals surface area contributed by atoms with Crippen molar-refractivity contribution < 1.29 is 18.3 Å². The van der Waals surface area contributed by atoms with Crippen molar-refractivity contribution in [2.24, 2.45) is 0 Å². The van der Waals surface area contributed by atoms with Crippen molar-refractivity contribution in [2.75, 3.05) is 0 Å². The van der Waals surface area contributed by atoms with E-state index in [0.717, 1.165) is 11.1 Å². The quantitative estimate of drug-likeness (QED) is 0.851. The number of carbonyl (C=O) groups excluding carboxylic acids is 1. The predicted molar refractivity (Wildman–Crippen MR) is 69.1 cm³/mol. The fraction of sp³-hybridized carbons (Fsp3) is 0.308. The predicted octanol–water partition coefficient (Wildman–Crippen LogP) is 2.13. The zero-order valence-electron chi connectivity index (χ0n) is 10.2. The number of hydrogen-bond donors (Lipinski definition) is 1. The highest BCUT2D eigenvalue weighted by atomic mass is 32.2. The van der Waals surface area contributed by atoms with E-state index in [0.29, 0.717) is 5.76 Å². The van der Waals surface area contributed by atoms with Crippen LogP contribution < -0.4 is 0 Å². The zero-order chi connectivity index (χ0) is 13.3. The molecule has 1 atom stereocenters. The van der Waals surface area contributed by atoms with Crippen LogP contribution in [0, 0.1) is 0 Å². The zero-order valence-corrected chi connectivity index (χ0v) is 11.0. The molecular weight excluding hydrogens is 252 g/mol. The molecule has 96 valence electrons. The first-order chi connectivity index (χ1) is 8.38. The highest BCUT2D eigenvalue weighted by molar-refractivity contribution is 7.78. The van der Waals surface area contributed by atoms with Crippen molar-refractivity contribution in [1.29, 1.82) is 0 Å². The Kier molecular flexibility index (Phi) is 3.36. The molecule has 4 nitrogen and oxygen atoms in total. The van der Waals surface area contributed by atoms with Gasteiger partial charge in [-0.05, 0) is 19.4 Å². The average molecular weight is 266 g/mol. The van der Waals surface area contributed by atoms with E-state index in [9.17, 15) is 9.00 Å². The van der Waals surface area contributed by atoms with E-state index >= 15 is 0 Å². The summed E-state index contributed by atoms with van der Waals surface area (Å²) in [4.78, 5) is 11.6. The molecule has 0 spiro atoms. The van der Waals surface area contributed by atoms with Gasteiger partial charge in [0.05, 0.1) is 5.75 Å². The highest BCUT2D eigenvalue weighted by Gasteiger charge is 2.35. The number of ether oxygens (including phenoxy) is 1. The van der Waals surface area contributed by atoms with Gasteiger partial charge in [-0.3, -0.25) is 4.79 Å². The normalized spacial score (nSPS) is 19.3. The molecule has 18 heavy (non-hydrogen) atoms. The maximum atomic E-state index is 11.6. The molecular formula is C13H14O4S. The van der Waals surface area contributed by atoms with Crippen LogP contribution in [0.3, 0.4) is 0 Å². The Hall–Kier alpha value is -1.46. The van der Waals surface area contributed by atoms with Crippen molar-refractivity contribution >= 4 is 22.6 Å². The lowest BCUT2D eigenvalue weighted by atomic mass is 10.1. The molecule has 1 unspecified atom stereocenters. The molecule has 0 aliphatic carbocycles. The molecule has 1 N–H and O–H groups in total. The first-order valence-electron chi connectivity index (χ1n) is 5.50. The molecule has 0 fully saturated rings. The molecule has 0 saturated carbocycles. The number of rotatable bonds is 3. The summed E-state index contributed by atoms with van der Waals surface area (Å²) in [6.07, 6.45) is 1.49. The van der Waals surface area contributed by atoms with Gasteiger partial charge >= 0.3 is 0 Å². The summed E-state index contributed by atoms with van der Waals surface area (Å²) in [7, 11) is 0. The minimum Gasteiger partial charge on any atom is -0.479 e. The van der Waals surface area contributed by atoms with Crippen molar-refractivity contribution in [1.82, 2.24) is 0 Å². The van der Waals surface area contributed by atoms with E-state index in [4.69, 9.17) is 9.29 Å². The Morgan fingerprint density at radius 2 is 1.89 bits per heavy atom. The first kappa shape index (κ1) is 13.0. The minimum absolute atomic E-state index is 0.0574. The maximum absolute atomic E-state index is 11.6. The van der Waals surface area contributed by atoms with Crippen LogP contribution in [0.4, 0.5) is 0 Å². The lowest BCUT2D eigenvalue weighted by Crippen LogP contribution is -2.27. The third-order valence-corrected chi connectivity index (χ3v) is 3.33. The summed E-state index contributed by atoms with van der Waals surface area (Å²) in [5.74, 6) is 0.588. The summed E-state index contributed by atoms with van der Waals surface area (Å²) in [6.45, 7) is 3.45. The van der Waals surface area contributed by atoms with Gasteiger partial charge in [-0.2, -0.15) is 0 Å². The first-order valence-corrected chi connectivity index (χ1v) is 6.78. The number of carbonyl (C=O) groups is 1. The van der Waals surface area contributed by atoms with Crippen LogP contribution >= 0.6 is 0 Å². The largest absolute Gasteiger partial charge is 0.479 e. The van der Waals surface area contributed by atoms with Gasteiger partial charge in [0.15, 0.2) is 16.7 Å². The SMILES string of the molecule is CC1(C)OC(c2ccc(CS(=O)O)cc2)=CC1=O. The fourth-order valence-electron chi connectivity index (χ4n) is 1.70. The molecule has 0 saturated heterocycles. The van der Waals surface area contributed by atoms with Crippen LogP contribution in [0.25, 0.3) is 5.76 Å². The van der Waals surface area contributed by atoms with E-state index in [-0.39, 0.29) is 11.5 Å². The summed E-state index contributed by atoms with van der Waals surface area (Å²) >= 11 is -1.84. The van der Waals surface area contributed by atoms with Gasteiger partial charge in [0.2, 0.25) is 5.78 Å². The van der Waals surface area contributed by atoms with Gasteiger partial charge in [-0.25, -0.2) is 4.21 Å². The van der Waals surface area contributed by atoms with Gasteiger partial charge in [0.25, 0.3) is 0 Å². The van der Waals surface area contributed by atoms with Crippen LogP contribution in [-0.2, 0) is 26.4 Å². The van der Waals surface area contributed by atoms with Gasteiger partial charge in [-0.1, -0.05) is 24.3 Å². The Bertz CT molecular complexity index is 528. The summed E-state index contributed by atoms with van der Waals surface area (Å²) in [5, 5.41) is 0. The molecule has 1 aliphatic rings. The van der Waals surface area contributed by atoms with E-state index in [1.54, 1.807) is 38.1 Å². The standard InChI is InChI=1S/C13H14O4S/c1-13(2)12(14)7-11(17-13)10-5-3-9(4-6-10)8-18(15)16/h3-7H,8H2,1-2H3,(H,15,16). The third-order valence-electron chi connectivity index (χ3n) is 2.75. The molecule has 0 radical (unpaired) electrons.